The number of sulfonamides is 2. The number of ether oxygens (including phenoxy) is 1. The van der Waals surface area contributed by atoms with Crippen molar-refractivity contribution in [3.05, 3.63) is 59.2 Å². The molecule has 0 N–H and O–H groups in total. The number of rotatable bonds is 5. The van der Waals surface area contributed by atoms with Gasteiger partial charge in [0.1, 0.15) is 0 Å². The molecule has 10 heteroatoms. The molecule has 30 heavy (non-hydrogen) atoms. The van der Waals surface area contributed by atoms with Gasteiger partial charge in [-0.2, -0.15) is 8.61 Å². The van der Waals surface area contributed by atoms with Crippen molar-refractivity contribution in [3.8, 4) is 0 Å². The van der Waals surface area contributed by atoms with Crippen molar-refractivity contribution in [1.29, 1.82) is 0 Å². The van der Waals surface area contributed by atoms with Gasteiger partial charge < -0.3 is 4.74 Å². The van der Waals surface area contributed by atoms with E-state index in [1.54, 1.807) is 24.3 Å². The Morgan fingerprint density at radius 3 is 1.97 bits per heavy atom. The van der Waals surface area contributed by atoms with Gasteiger partial charge in [0.25, 0.3) is 0 Å². The Morgan fingerprint density at radius 1 is 0.833 bits per heavy atom. The van der Waals surface area contributed by atoms with Crippen molar-refractivity contribution in [2.45, 2.75) is 23.6 Å². The number of carbonyl (C=O) groups excluding carboxylic acids is 1. The lowest BCUT2D eigenvalue weighted by atomic mass is 10.1. The fourth-order valence-corrected chi connectivity index (χ4v) is 6.39. The van der Waals surface area contributed by atoms with Crippen LogP contribution in [0.4, 0.5) is 0 Å². The largest absolute Gasteiger partial charge is 0.465 e. The molecule has 0 aromatic heterocycles. The highest BCUT2D eigenvalue weighted by molar-refractivity contribution is 7.89. The number of hydrogen-bond acceptors (Lipinski definition) is 6. The summed E-state index contributed by atoms with van der Waals surface area (Å²) in [5.41, 5.74) is 1.82. The molecule has 2 aromatic carbocycles. The fourth-order valence-electron chi connectivity index (χ4n) is 3.28. The third-order valence-electron chi connectivity index (χ3n) is 5.22. The van der Waals surface area contributed by atoms with Gasteiger partial charge in [-0.1, -0.05) is 18.2 Å². The molecule has 1 aliphatic heterocycles. The molecule has 8 nitrogen and oxygen atoms in total. The van der Waals surface area contributed by atoms with E-state index in [4.69, 9.17) is 0 Å². The van der Waals surface area contributed by atoms with Crippen molar-refractivity contribution >= 4 is 26.0 Å². The van der Waals surface area contributed by atoms with Crippen molar-refractivity contribution in [2.75, 3.05) is 33.3 Å². The number of benzene rings is 2. The first kappa shape index (κ1) is 22.4. The summed E-state index contributed by atoms with van der Waals surface area (Å²) in [7, 11) is -6.52. The number of methoxy groups -OCH3 is 1. The van der Waals surface area contributed by atoms with Gasteiger partial charge in [-0.05, 0) is 49.2 Å². The van der Waals surface area contributed by atoms with Gasteiger partial charge in [0, 0.05) is 26.2 Å². The molecule has 0 unspecified atom stereocenters. The number of esters is 1. The van der Waals surface area contributed by atoms with Crippen LogP contribution in [0.2, 0.25) is 0 Å². The first-order valence-electron chi connectivity index (χ1n) is 9.34. The Morgan fingerprint density at radius 2 is 1.40 bits per heavy atom. The molecule has 0 saturated carbocycles. The average molecular weight is 453 g/mol. The first-order chi connectivity index (χ1) is 14.1. The van der Waals surface area contributed by atoms with Crippen LogP contribution in [-0.2, 0) is 24.8 Å². The quantitative estimate of drug-likeness (QED) is 0.641. The Balaban J connectivity index is 1.81. The molecule has 1 fully saturated rings. The average Bonchev–Trinajstić information content (AvgIpc) is 2.75. The monoisotopic (exact) mass is 452 g/mol. The van der Waals surface area contributed by atoms with E-state index in [1.165, 1.54) is 33.9 Å². The van der Waals surface area contributed by atoms with E-state index in [0.29, 0.717) is 0 Å². The minimum atomic E-state index is -3.98. The molecule has 1 aliphatic rings. The summed E-state index contributed by atoms with van der Waals surface area (Å²) >= 11 is 0. The predicted molar refractivity (Wildman–Crippen MR) is 111 cm³/mol. The van der Waals surface area contributed by atoms with Crippen LogP contribution < -0.4 is 0 Å². The Hall–Kier alpha value is -2.27. The minimum Gasteiger partial charge on any atom is -0.465 e. The molecular formula is C20H24N2O6S2. The molecule has 162 valence electrons. The normalized spacial score (nSPS) is 16.4. The van der Waals surface area contributed by atoms with E-state index >= 15 is 0 Å². The second-order valence-electron chi connectivity index (χ2n) is 7.04. The van der Waals surface area contributed by atoms with Crippen LogP contribution in [0.3, 0.4) is 0 Å². The maximum atomic E-state index is 13.1. The predicted octanol–water partition coefficient (Wildman–Crippen LogP) is 1.79. The van der Waals surface area contributed by atoms with Gasteiger partial charge in [0.15, 0.2) is 0 Å². The van der Waals surface area contributed by atoms with E-state index in [2.05, 4.69) is 4.74 Å². The van der Waals surface area contributed by atoms with Crippen LogP contribution in [0.15, 0.2) is 52.3 Å². The molecule has 0 atom stereocenters. The van der Waals surface area contributed by atoms with Gasteiger partial charge in [-0.15, -0.1) is 0 Å². The molecule has 0 bridgehead atoms. The lowest BCUT2D eigenvalue weighted by molar-refractivity contribution is 0.0596. The molecule has 2 aromatic rings. The molecular weight excluding hydrogens is 428 g/mol. The number of piperazine rings is 1. The lowest BCUT2D eigenvalue weighted by Crippen LogP contribution is -2.50. The highest BCUT2D eigenvalue weighted by atomic mass is 32.2. The van der Waals surface area contributed by atoms with Crippen molar-refractivity contribution in [3.63, 3.8) is 0 Å². The molecule has 0 spiro atoms. The van der Waals surface area contributed by atoms with E-state index in [9.17, 15) is 21.6 Å². The van der Waals surface area contributed by atoms with Gasteiger partial charge in [-0.3, -0.25) is 0 Å². The minimum absolute atomic E-state index is 0.0120. The summed E-state index contributed by atoms with van der Waals surface area (Å²) in [5.74, 6) is -0.745. The van der Waals surface area contributed by atoms with E-state index in [0.717, 1.165) is 11.1 Å². The maximum Gasteiger partial charge on any atom is 0.339 e. The first-order valence-corrected chi connectivity index (χ1v) is 12.2. The summed E-state index contributed by atoms with van der Waals surface area (Å²) in [5, 5.41) is 0. The van der Waals surface area contributed by atoms with Crippen LogP contribution in [0, 0.1) is 13.8 Å². The van der Waals surface area contributed by atoms with Crippen LogP contribution in [0.5, 0.6) is 0 Å². The molecule has 0 aliphatic carbocycles. The Bertz CT molecular complexity index is 1170. The highest BCUT2D eigenvalue weighted by Crippen LogP contribution is 2.25. The van der Waals surface area contributed by atoms with Crippen LogP contribution in [0.1, 0.15) is 21.5 Å². The van der Waals surface area contributed by atoms with Crippen molar-refractivity contribution in [1.82, 2.24) is 8.61 Å². The number of aryl methyl sites for hydroxylation is 2. The zero-order chi connectivity index (χ0) is 22.1. The third kappa shape index (κ3) is 4.13. The molecule has 1 saturated heterocycles. The zero-order valence-electron chi connectivity index (χ0n) is 17.0. The van der Waals surface area contributed by atoms with E-state index < -0.39 is 26.0 Å². The van der Waals surface area contributed by atoms with Crippen LogP contribution in [0.25, 0.3) is 0 Å². The highest BCUT2D eigenvalue weighted by Gasteiger charge is 2.35. The molecule has 0 radical (unpaired) electrons. The lowest BCUT2D eigenvalue weighted by Gasteiger charge is -2.33. The Labute approximate surface area is 177 Å². The van der Waals surface area contributed by atoms with Gasteiger partial charge in [0.2, 0.25) is 20.0 Å². The summed E-state index contributed by atoms with van der Waals surface area (Å²) in [6.07, 6.45) is 0. The second kappa shape index (κ2) is 8.46. The number of hydrogen-bond donors (Lipinski definition) is 0. The Kier molecular flexibility index (Phi) is 6.32. The van der Waals surface area contributed by atoms with E-state index in [-0.39, 0.29) is 41.5 Å². The van der Waals surface area contributed by atoms with Crippen LogP contribution in [-0.4, -0.2) is 64.7 Å². The van der Waals surface area contributed by atoms with Gasteiger partial charge in [-0.25, -0.2) is 21.6 Å². The number of nitrogens with zero attached hydrogens (tertiary/aromatic N) is 2. The summed E-state index contributed by atoms with van der Waals surface area (Å²) in [6, 6.07) is 10.8. The standard InChI is InChI=1S/C20H24N2O6S2/c1-15-8-9-17(14-16(15)2)29(24,25)21-10-12-22(13-11-21)30(26,27)19-7-5-4-6-18(19)20(23)28-3/h4-9,14H,10-13H2,1-3H3. The third-order valence-corrected chi connectivity index (χ3v) is 9.08. The van der Waals surface area contributed by atoms with E-state index in [1.807, 2.05) is 13.8 Å². The fraction of sp³-hybridized carbons (Fsp3) is 0.350. The molecule has 3 rings (SSSR count). The van der Waals surface area contributed by atoms with Crippen LogP contribution >= 0.6 is 0 Å². The second-order valence-corrected chi connectivity index (χ2v) is 10.9. The SMILES string of the molecule is COC(=O)c1ccccc1S(=O)(=O)N1CCN(S(=O)(=O)c2ccc(C)c(C)c2)CC1. The van der Waals surface area contributed by atoms with Gasteiger partial charge >= 0.3 is 5.97 Å². The van der Waals surface area contributed by atoms with Gasteiger partial charge in [0.05, 0.1) is 22.5 Å². The van der Waals surface area contributed by atoms with Crippen molar-refractivity contribution < 1.29 is 26.4 Å². The summed E-state index contributed by atoms with van der Waals surface area (Å²) in [6.45, 7) is 3.77. The maximum absolute atomic E-state index is 13.1. The summed E-state index contributed by atoms with van der Waals surface area (Å²) < 4.78 is 59.2. The smallest absolute Gasteiger partial charge is 0.339 e. The molecule has 0 amide bonds. The zero-order valence-corrected chi connectivity index (χ0v) is 18.7. The molecule has 1 heterocycles. The van der Waals surface area contributed by atoms with Crippen molar-refractivity contribution in [2.24, 2.45) is 0 Å². The summed E-state index contributed by atoms with van der Waals surface area (Å²) in [4.78, 5) is 12.0. The number of carbonyl (C=O) groups is 1. The topological polar surface area (TPSA) is 101 Å².